The molecule has 0 radical (unpaired) electrons. The van der Waals surface area contributed by atoms with Crippen molar-refractivity contribution in [3.05, 3.63) is 77.9 Å². The number of fused-ring (bicyclic) bond motifs is 3. The number of rotatable bonds is 5. The molecule has 3 aliphatic heterocycles. The van der Waals surface area contributed by atoms with Crippen LogP contribution in [0.25, 0.3) is 0 Å². The molecule has 0 bridgehead atoms. The molecule has 164 valence electrons. The number of nitrogens with zero attached hydrogens (tertiary/aromatic N) is 2. The van der Waals surface area contributed by atoms with Crippen molar-refractivity contribution in [2.75, 3.05) is 31.3 Å². The molecule has 32 heavy (non-hydrogen) atoms. The number of ether oxygens (including phenoxy) is 3. The minimum atomic E-state index is 0.329. The van der Waals surface area contributed by atoms with E-state index < -0.39 is 0 Å². The number of benzene rings is 3. The van der Waals surface area contributed by atoms with Crippen LogP contribution in [0.1, 0.15) is 24.0 Å². The molecular weight excluding hydrogens is 400 g/mol. The van der Waals surface area contributed by atoms with Gasteiger partial charge in [0.25, 0.3) is 0 Å². The zero-order valence-electron chi connectivity index (χ0n) is 18.2. The van der Waals surface area contributed by atoms with Gasteiger partial charge in [-0.1, -0.05) is 36.4 Å². The molecule has 3 heterocycles. The van der Waals surface area contributed by atoms with Gasteiger partial charge < -0.3 is 19.1 Å². The summed E-state index contributed by atoms with van der Waals surface area (Å²) in [4.78, 5) is 5.13. The summed E-state index contributed by atoms with van der Waals surface area (Å²) in [6, 6.07) is 23.9. The van der Waals surface area contributed by atoms with Crippen molar-refractivity contribution < 1.29 is 14.2 Å². The number of hydrogen-bond donors (Lipinski definition) is 0. The molecule has 3 aliphatic rings. The maximum Gasteiger partial charge on any atom is 0.231 e. The second-order valence-electron chi connectivity index (χ2n) is 8.77. The number of likely N-dealkylation sites (tertiary alicyclic amines) is 1. The zero-order valence-corrected chi connectivity index (χ0v) is 18.2. The van der Waals surface area contributed by atoms with E-state index in [4.69, 9.17) is 14.2 Å². The highest BCUT2D eigenvalue weighted by atomic mass is 16.7. The standard InChI is InChI=1S/C27H28N2O3/c1-2-8-23-21(6-1)18-30-25-10-4-3-9-24(25)29(23)17-22-7-5-14-28(22)15-13-20-11-12-26-27(16-20)32-19-31-26/h1-4,6,8-12,16,22H,5,7,13-15,17-19H2/t22-/m0/s1. The maximum atomic E-state index is 6.16. The van der Waals surface area contributed by atoms with Crippen LogP contribution in [-0.4, -0.2) is 37.4 Å². The molecule has 0 N–H and O–H groups in total. The molecule has 1 fully saturated rings. The highest BCUT2D eigenvalue weighted by molar-refractivity contribution is 5.72. The van der Waals surface area contributed by atoms with Crippen molar-refractivity contribution in [2.45, 2.75) is 31.9 Å². The normalized spacial score (nSPS) is 19.2. The van der Waals surface area contributed by atoms with E-state index in [1.807, 2.05) is 6.07 Å². The van der Waals surface area contributed by atoms with E-state index in [9.17, 15) is 0 Å². The highest BCUT2D eigenvalue weighted by Gasteiger charge is 2.30. The van der Waals surface area contributed by atoms with Gasteiger partial charge in [-0.15, -0.1) is 0 Å². The lowest BCUT2D eigenvalue weighted by Gasteiger charge is -2.32. The van der Waals surface area contributed by atoms with Crippen molar-refractivity contribution in [1.82, 2.24) is 4.90 Å². The van der Waals surface area contributed by atoms with Crippen molar-refractivity contribution >= 4 is 11.4 Å². The summed E-state index contributed by atoms with van der Waals surface area (Å²) in [7, 11) is 0. The van der Waals surface area contributed by atoms with Gasteiger partial charge in [0.05, 0.1) is 5.69 Å². The average molecular weight is 429 g/mol. The first-order chi connectivity index (χ1) is 15.8. The molecule has 3 aromatic carbocycles. The van der Waals surface area contributed by atoms with E-state index in [1.54, 1.807) is 0 Å². The Morgan fingerprint density at radius 1 is 0.812 bits per heavy atom. The second kappa shape index (κ2) is 8.40. The fraction of sp³-hybridized carbons (Fsp3) is 0.333. The summed E-state index contributed by atoms with van der Waals surface area (Å²) in [6.45, 7) is 4.12. The Balaban J connectivity index is 1.21. The molecule has 0 amide bonds. The zero-order chi connectivity index (χ0) is 21.3. The molecule has 6 rings (SSSR count). The minimum absolute atomic E-state index is 0.329. The summed E-state index contributed by atoms with van der Waals surface area (Å²) in [5.41, 5.74) is 4.98. The number of anilines is 2. The lowest BCUT2D eigenvalue weighted by Crippen LogP contribution is -2.39. The monoisotopic (exact) mass is 428 g/mol. The van der Waals surface area contributed by atoms with Crippen LogP contribution in [0.4, 0.5) is 11.4 Å². The Labute approximate surface area is 189 Å². The Kier molecular flexibility index (Phi) is 5.12. The number of para-hydroxylation sites is 3. The minimum Gasteiger partial charge on any atom is -0.487 e. The largest absolute Gasteiger partial charge is 0.487 e. The molecule has 0 spiro atoms. The van der Waals surface area contributed by atoms with Crippen LogP contribution in [-0.2, 0) is 13.0 Å². The van der Waals surface area contributed by atoms with E-state index in [2.05, 4.69) is 70.5 Å². The van der Waals surface area contributed by atoms with Crippen molar-refractivity contribution in [3.8, 4) is 17.2 Å². The average Bonchev–Trinajstić information content (AvgIpc) is 3.45. The predicted molar refractivity (Wildman–Crippen MR) is 125 cm³/mol. The van der Waals surface area contributed by atoms with Gasteiger partial charge in [-0.25, -0.2) is 0 Å². The van der Waals surface area contributed by atoms with E-state index in [-0.39, 0.29) is 0 Å². The molecule has 0 saturated carbocycles. The van der Waals surface area contributed by atoms with Crippen LogP contribution < -0.4 is 19.1 Å². The molecule has 1 saturated heterocycles. The molecule has 5 nitrogen and oxygen atoms in total. The Morgan fingerprint density at radius 2 is 1.66 bits per heavy atom. The molecule has 3 aromatic rings. The third-order valence-electron chi connectivity index (χ3n) is 6.84. The van der Waals surface area contributed by atoms with Crippen molar-refractivity contribution in [2.24, 2.45) is 0 Å². The molecule has 5 heteroatoms. The molecular formula is C27H28N2O3. The lowest BCUT2D eigenvalue weighted by molar-refractivity contribution is 0.174. The predicted octanol–water partition coefficient (Wildman–Crippen LogP) is 5.15. The van der Waals surface area contributed by atoms with Gasteiger partial charge in [0, 0.05) is 30.4 Å². The van der Waals surface area contributed by atoms with Crippen LogP contribution in [0.3, 0.4) is 0 Å². The maximum absolute atomic E-state index is 6.16. The summed E-state index contributed by atoms with van der Waals surface area (Å²) in [5.74, 6) is 2.69. The highest BCUT2D eigenvalue weighted by Crippen LogP contribution is 2.40. The first kappa shape index (κ1) is 19.5. The van der Waals surface area contributed by atoms with Crippen LogP contribution in [0.15, 0.2) is 66.7 Å². The Bertz CT molecular complexity index is 1070. The SMILES string of the molecule is c1ccc2c(c1)COc1ccccc1N2C[C@@H]1CCCN1CCc1ccc2c(c1)OCO2. The summed E-state index contributed by atoms with van der Waals surface area (Å²) in [6.07, 6.45) is 3.49. The molecule has 0 aromatic heterocycles. The van der Waals surface area contributed by atoms with Gasteiger partial charge in [0.1, 0.15) is 12.4 Å². The van der Waals surface area contributed by atoms with Gasteiger partial charge in [0.2, 0.25) is 6.79 Å². The third kappa shape index (κ3) is 3.67. The first-order valence-electron chi connectivity index (χ1n) is 11.5. The van der Waals surface area contributed by atoms with Crippen molar-refractivity contribution in [3.63, 3.8) is 0 Å². The lowest BCUT2D eigenvalue weighted by atomic mass is 10.1. The molecule has 0 aliphatic carbocycles. The molecule has 0 unspecified atom stereocenters. The van der Waals surface area contributed by atoms with E-state index >= 15 is 0 Å². The van der Waals surface area contributed by atoms with Gasteiger partial charge in [-0.2, -0.15) is 0 Å². The first-order valence-corrected chi connectivity index (χ1v) is 11.5. The van der Waals surface area contributed by atoms with Gasteiger partial charge in [0.15, 0.2) is 11.5 Å². The van der Waals surface area contributed by atoms with Crippen LogP contribution in [0.2, 0.25) is 0 Å². The summed E-state index contributed by atoms with van der Waals surface area (Å²) >= 11 is 0. The van der Waals surface area contributed by atoms with Crippen LogP contribution in [0, 0.1) is 0 Å². The van der Waals surface area contributed by atoms with Gasteiger partial charge in [-0.05, 0) is 61.7 Å². The topological polar surface area (TPSA) is 34.2 Å². The van der Waals surface area contributed by atoms with Gasteiger partial charge >= 0.3 is 0 Å². The van der Waals surface area contributed by atoms with Gasteiger partial charge in [-0.3, -0.25) is 4.90 Å². The van der Waals surface area contributed by atoms with E-state index in [0.29, 0.717) is 19.4 Å². The Hall–Kier alpha value is -3.18. The summed E-state index contributed by atoms with van der Waals surface area (Å²) < 4.78 is 17.2. The smallest absolute Gasteiger partial charge is 0.231 e. The summed E-state index contributed by atoms with van der Waals surface area (Å²) in [5, 5.41) is 0. The fourth-order valence-corrected chi connectivity index (χ4v) is 5.16. The number of hydrogen-bond acceptors (Lipinski definition) is 5. The fourth-order valence-electron chi connectivity index (χ4n) is 5.16. The third-order valence-corrected chi connectivity index (χ3v) is 6.84. The van der Waals surface area contributed by atoms with E-state index in [1.165, 1.54) is 35.3 Å². The quantitative estimate of drug-likeness (QED) is 0.561. The van der Waals surface area contributed by atoms with Crippen molar-refractivity contribution in [1.29, 1.82) is 0 Å². The molecule has 1 atom stereocenters. The van der Waals surface area contributed by atoms with Crippen LogP contribution in [0.5, 0.6) is 17.2 Å². The van der Waals surface area contributed by atoms with Crippen LogP contribution >= 0.6 is 0 Å². The van der Waals surface area contributed by atoms with E-state index in [0.717, 1.165) is 43.3 Å². The second-order valence-corrected chi connectivity index (χ2v) is 8.77. The Morgan fingerprint density at radius 3 is 2.62 bits per heavy atom.